The summed E-state index contributed by atoms with van der Waals surface area (Å²) in [4.78, 5) is 0. The molecule has 36 heavy (non-hydrogen) atoms. The minimum Gasteiger partial charge on any atom is -0.378 e. The van der Waals surface area contributed by atoms with Crippen LogP contribution in [-0.4, -0.2) is 69.1 Å². The lowest BCUT2D eigenvalue weighted by Crippen LogP contribution is -2.64. The average Bonchev–Trinajstić information content (AvgIpc) is 2.78. The van der Waals surface area contributed by atoms with E-state index in [1.807, 2.05) is 0 Å². The van der Waals surface area contributed by atoms with Crippen LogP contribution in [0.15, 0.2) is 0 Å². The molecule has 0 bridgehead atoms. The normalized spacial score (nSPS) is 32.2. The fourth-order valence-electron chi connectivity index (χ4n) is 6.35. The number of hydrogen-bond acceptors (Lipinski definition) is 6. The van der Waals surface area contributed by atoms with Crippen molar-refractivity contribution in [2.45, 2.75) is 162 Å². The fourth-order valence-corrected chi connectivity index (χ4v) is 6.35. The second-order valence-corrected chi connectivity index (χ2v) is 13.6. The maximum Gasteiger partial charge on any atom is 0.0612 e. The quantitative estimate of drug-likeness (QED) is 0.238. The van der Waals surface area contributed by atoms with E-state index in [-0.39, 0.29) is 35.4 Å². The Kier molecular flexibility index (Phi) is 12.6. The van der Waals surface area contributed by atoms with Gasteiger partial charge in [0.25, 0.3) is 0 Å². The number of piperidine rings is 2. The highest BCUT2D eigenvalue weighted by molar-refractivity contribution is 5.00. The Balaban J connectivity index is 1.57. The van der Waals surface area contributed by atoms with Gasteiger partial charge < -0.3 is 19.9 Å². The molecule has 2 fully saturated rings. The SMILES string of the molecule is CC(C)C1CC(OCCCCCCCCOC2CC(C)(C)N(O)C(C)(C(C)C)C2)CC(C(C)C)N1O. The lowest BCUT2D eigenvalue weighted by molar-refractivity contribution is -0.277. The molecule has 2 saturated heterocycles. The zero-order valence-corrected chi connectivity index (χ0v) is 25.1. The Labute approximate surface area is 223 Å². The Hall–Kier alpha value is -0.240. The number of unbranched alkanes of at least 4 members (excludes halogenated alkanes) is 5. The van der Waals surface area contributed by atoms with Gasteiger partial charge in [-0.1, -0.05) is 67.2 Å². The summed E-state index contributed by atoms with van der Waals surface area (Å²) in [6.45, 7) is 21.2. The highest BCUT2D eigenvalue weighted by atomic mass is 16.5. The molecule has 2 aliphatic rings. The summed E-state index contributed by atoms with van der Waals surface area (Å²) in [5.41, 5.74) is -0.500. The van der Waals surface area contributed by atoms with Crippen molar-refractivity contribution in [1.82, 2.24) is 10.1 Å². The summed E-state index contributed by atoms with van der Waals surface area (Å²) in [5.74, 6) is 1.23. The fraction of sp³-hybridized carbons (Fsp3) is 1.00. The van der Waals surface area contributed by atoms with E-state index in [2.05, 4.69) is 62.3 Å². The Morgan fingerprint density at radius 3 is 1.58 bits per heavy atom. The van der Waals surface area contributed by atoms with Gasteiger partial charge >= 0.3 is 0 Å². The van der Waals surface area contributed by atoms with Crippen molar-refractivity contribution >= 4 is 0 Å². The van der Waals surface area contributed by atoms with Crippen LogP contribution in [0.4, 0.5) is 0 Å². The van der Waals surface area contributed by atoms with Gasteiger partial charge in [-0.3, -0.25) is 0 Å². The molecule has 4 atom stereocenters. The summed E-state index contributed by atoms with van der Waals surface area (Å²) in [5, 5.41) is 24.6. The summed E-state index contributed by atoms with van der Waals surface area (Å²) in [7, 11) is 0. The molecular weight excluding hydrogens is 452 g/mol. The lowest BCUT2D eigenvalue weighted by Gasteiger charge is -2.54. The molecule has 0 aromatic carbocycles. The van der Waals surface area contributed by atoms with Crippen LogP contribution < -0.4 is 0 Å². The number of rotatable bonds is 14. The molecular formula is C30H60N2O4. The van der Waals surface area contributed by atoms with Gasteiger partial charge in [0.2, 0.25) is 0 Å². The number of ether oxygens (including phenoxy) is 2. The Bertz CT molecular complexity index is 608. The van der Waals surface area contributed by atoms with E-state index >= 15 is 0 Å². The first kappa shape index (κ1) is 32.0. The van der Waals surface area contributed by atoms with Crippen molar-refractivity contribution in [3.8, 4) is 0 Å². The second kappa shape index (κ2) is 14.2. The number of hydrogen-bond donors (Lipinski definition) is 2. The topological polar surface area (TPSA) is 65.4 Å². The van der Waals surface area contributed by atoms with Gasteiger partial charge in [0, 0.05) is 36.4 Å². The molecule has 214 valence electrons. The first-order valence-corrected chi connectivity index (χ1v) is 15.0. The predicted octanol–water partition coefficient (Wildman–Crippen LogP) is 7.31. The molecule has 0 amide bonds. The molecule has 2 heterocycles. The largest absolute Gasteiger partial charge is 0.378 e. The molecule has 0 aliphatic carbocycles. The van der Waals surface area contributed by atoms with E-state index in [1.165, 1.54) is 25.7 Å². The van der Waals surface area contributed by atoms with Gasteiger partial charge in [0.1, 0.15) is 0 Å². The summed E-state index contributed by atoms with van der Waals surface area (Å²) < 4.78 is 12.6. The third-order valence-corrected chi connectivity index (χ3v) is 9.14. The second-order valence-electron chi connectivity index (χ2n) is 13.6. The van der Waals surface area contributed by atoms with E-state index < -0.39 is 0 Å². The zero-order chi connectivity index (χ0) is 27.1. The smallest absolute Gasteiger partial charge is 0.0612 e. The van der Waals surface area contributed by atoms with Crippen LogP contribution in [0.3, 0.4) is 0 Å². The molecule has 0 aromatic heterocycles. The third kappa shape index (κ3) is 8.64. The van der Waals surface area contributed by atoms with Gasteiger partial charge in [0.05, 0.1) is 12.2 Å². The van der Waals surface area contributed by atoms with E-state index in [9.17, 15) is 10.4 Å². The van der Waals surface area contributed by atoms with E-state index in [4.69, 9.17) is 9.47 Å². The van der Waals surface area contributed by atoms with Crippen LogP contribution in [-0.2, 0) is 9.47 Å². The molecule has 0 radical (unpaired) electrons. The highest BCUT2D eigenvalue weighted by Crippen LogP contribution is 2.42. The van der Waals surface area contributed by atoms with Gasteiger partial charge in [-0.25, -0.2) is 0 Å². The van der Waals surface area contributed by atoms with Crippen LogP contribution in [0.2, 0.25) is 0 Å². The minimum atomic E-state index is -0.259. The van der Waals surface area contributed by atoms with Crippen molar-refractivity contribution in [2.75, 3.05) is 13.2 Å². The maximum absolute atomic E-state index is 10.8. The average molecular weight is 513 g/mol. The molecule has 0 spiro atoms. The van der Waals surface area contributed by atoms with Gasteiger partial charge in [0.15, 0.2) is 0 Å². The monoisotopic (exact) mass is 512 g/mol. The van der Waals surface area contributed by atoms with Crippen LogP contribution in [0.5, 0.6) is 0 Å². The molecule has 0 aromatic rings. The highest BCUT2D eigenvalue weighted by Gasteiger charge is 2.49. The molecule has 2 aliphatic heterocycles. The first-order chi connectivity index (χ1) is 16.8. The summed E-state index contributed by atoms with van der Waals surface area (Å²) in [6.07, 6.45) is 11.3. The zero-order valence-electron chi connectivity index (χ0n) is 25.1. The van der Waals surface area contributed by atoms with Gasteiger partial charge in [-0.15, -0.1) is 0 Å². The third-order valence-electron chi connectivity index (χ3n) is 9.14. The molecule has 2 rings (SSSR count). The molecule has 4 unspecified atom stereocenters. The lowest BCUT2D eigenvalue weighted by atomic mass is 9.73. The summed E-state index contributed by atoms with van der Waals surface area (Å²) in [6, 6.07) is 0.388. The number of hydroxylamine groups is 4. The van der Waals surface area contributed by atoms with Crippen LogP contribution in [0, 0.1) is 17.8 Å². The Morgan fingerprint density at radius 1 is 0.694 bits per heavy atom. The van der Waals surface area contributed by atoms with Crippen molar-refractivity contribution < 1.29 is 19.9 Å². The van der Waals surface area contributed by atoms with Crippen molar-refractivity contribution in [3.05, 3.63) is 0 Å². The van der Waals surface area contributed by atoms with Crippen molar-refractivity contribution in [3.63, 3.8) is 0 Å². The van der Waals surface area contributed by atoms with Crippen LogP contribution in [0.1, 0.15) is 127 Å². The first-order valence-electron chi connectivity index (χ1n) is 15.0. The van der Waals surface area contributed by atoms with E-state index in [0.717, 1.165) is 51.7 Å². The summed E-state index contributed by atoms with van der Waals surface area (Å²) >= 11 is 0. The van der Waals surface area contributed by atoms with Gasteiger partial charge in [-0.2, -0.15) is 10.1 Å². The standard InChI is InChI=1S/C30H60N2O4/c1-22(2)27-18-25(19-28(23(3)4)31(27)33)35-16-14-12-10-11-13-15-17-36-26-20-29(7,8)32(34)30(9,21-26)24(5)6/h22-28,33-34H,10-21H2,1-9H3. The number of nitrogens with zero attached hydrogens (tertiary/aromatic N) is 2. The van der Waals surface area contributed by atoms with Gasteiger partial charge in [-0.05, 0) is 77.0 Å². The Morgan fingerprint density at radius 2 is 1.14 bits per heavy atom. The van der Waals surface area contributed by atoms with Crippen LogP contribution in [0.25, 0.3) is 0 Å². The predicted molar refractivity (Wildman–Crippen MR) is 147 cm³/mol. The molecule has 6 heteroatoms. The molecule has 2 N–H and O–H groups in total. The molecule has 0 saturated carbocycles. The van der Waals surface area contributed by atoms with Crippen LogP contribution >= 0.6 is 0 Å². The minimum absolute atomic E-state index is 0.194. The van der Waals surface area contributed by atoms with Crippen molar-refractivity contribution in [2.24, 2.45) is 17.8 Å². The van der Waals surface area contributed by atoms with E-state index in [0.29, 0.717) is 17.8 Å². The van der Waals surface area contributed by atoms with Crippen molar-refractivity contribution in [1.29, 1.82) is 0 Å². The van der Waals surface area contributed by atoms with E-state index in [1.54, 1.807) is 10.1 Å². The molecule has 6 nitrogen and oxygen atoms in total. The maximum atomic E-state index is 10.8.